The Hall–Kier alpha value is -2.93. The summed E-state index contributed by atoms with van der Waals surface area (Å²) in [7, 11) is 0. The third-order valence-corrected chi connectivity index (χ3v) is 4.61. The van der Waals surface area contributed by atoms with Gasteiger partial charge in [-0.3, -0.25) is 4.79 Å². The SMILES string of the molecule is O=C(c1cccc(-c2ccoc2)c1)N1CCC[C@](O)(c2cn[nH]n2)C1. The monoisotopic (exact) mass is 338 g/mol. The van der Waals surface area contributed by atoms with E-state index in [1.165, 1.54) is 6.20 Å². The van der Waals surface area contributed by atoms with Crippen molar-refractivity contribution in [3.63, 3.8) is 0 Å². The minimum atomic E-state index is -1.16. The molecule has 1 fully saturated rings. The molecular formula is C18H18N4O3. The highest BCUT2D eigenvalue weighted by Gasteiger charge is 2.39. The Morgan fingerprint density at radius 1 is 1.32 bits per heavy atom. The fourth-order valence-corrected chi connectivity index (χ4v) is 3.29. The van der Waals surface area contributed by atoms with Crippen LogP contribution in [-0.4, -0.2) is 44.4 Å². The molecule has 2 aromatic heterocycles. The van der Waals surface area contributed by atoms with Gasteiger partial charge in [0.2, 0.25) is 0 Å². The van der Waals surface area contributed by atoms with Gasteiger partial charge < -0.3 is 14.4 Å². The van der Waals surface area contributed by atoms with E-state index < -0.39 is 5.60 Å². The van der Waals surface area contributed by atoms with Crippen molar-refractivity contribution in [3.8, 4) is 11.1 Å². The van der Waals surface area contributed by atoms with E-state index in [9.17, 15) is 9.90 Å². The topological polar surface area (TPSA) is 95.3 Å². The molecule has 128 valence electrons. The molecule has 7 nitrogen and oxygen atoms in total. The number of likely N-dealkylation sites (tertiary alicyclic amines) is 1. The first-order chi connectivity index (χ1) is 12.2. The first-order valence-corrected chi connectivity index (χ1v) is 8.16. The molecule has 0 unspecified atom stereocenters. The number of rotatable bonds is 3. The summed E-state index contributed by atoms with van der Waals surface area (Å²) in [6.45, 7) is 0.809. The number of carbonyl (C=O) groups excluding carboxylic acids is 1. The number of nitrogens with zero attached hydrogens (tertiary/aromatic N) is 3. The van der Waals surface area contributed by atoms with Crippen LogP contribution in [0.15, 0.2) is 53.5 Å². The molecule has 3 heterocycles. The summed E-state index contributed by atoms with van der Waals surface area (Å²) in [5, 5.41) is 21.1. The van der Waals surface area contributed by atoms with Crippen molar-refractivity contribution in [1.82, 2.24) is 20.3 Å². The van der Waals surface area contributed by atoms with Gasteiger partial charge in [-0.1, -0.05) is 12.1 Å². The predicted molar refractivity (Wildman–Crippen MR) is 89.6 cm³/mol. The number of furan rings is 1. The fraction of sp³-hybridized carbons (Fsp3) is 0.278. The summed E-state index contributed by atoms with van der Waals surface area (Å²) in [5.74, 6) is -0.105. The molecule has 1 amide bonds. The lowest BCUT2D eigenvalue weighted by Gasteiger charge is -2.38. The van der Waals surface area contributed by atoms with E-state index in [0.29, 0.717) is 30.6 Å². The third kappa shape index (κ3) is 2.94. The third-order valence-electron chi connectivity index (χ3n) is 4.61. The number of amides is 1. The molecular weight excluding hydrogens is 320 g/mol. The average molecular weight is 338 g/mol. The summed E-state index contributed by atoms with van der Waals surface area (Å²) in [6, 6.07) is 9.27. The molecule has 1 aliphatic rings. The Labute approximate surface area is 144 Å². The second-order valence-electron chi connectivity index (χ2n) is 6.31. The molecule has 1 aliphatic heterocycles. The Bertz CT molecular complexity index is 860. The molecule has 25 heavy (non-hydrogen) atoms. The quantitative estimate of drug-likeness (QED) is 0.763. The number of hydrogen-bond acceptors (Lipinski definition) is 5. The Morgan fingerprint density at radius 3 is 3.00 bits per heavy atom. The molecule has 4 rings (SSSR count). The largest absolute Gasteiger partial charge is 0.472 e. The van der Waals surface area contributed by atoms with Gasteiger partial charge >= 0.3 is 0 Å². The van der Waals surface area contributed by atoms with Crippen molar-refractivity contribution >= 4 is 5.91 Å². The van der Waals surface area contributed by atoms with Gasteiger partial charge in [0, 0.05) is 17.7 Å². The zero-order valence-corrected chi connectivity index (χ0v) is 13.6. The zero-order valence-electron chi connectivity index (χ0n) is 13.6. The number of nitrogens with one attached hydrogen (secondary N) is 1. The number of aromatic amines is 1. The molecule has 7 heteroatoms. The van der Waals surface area contributed by atoms with Crippen LogP contribution in [0.25, 0.3) is 11.1 Å². The average Bonchev–Trinajstić information content (AvgIpc) is 3.35. The van der Waals surface area contributed by atoms with Crippen molar-refractivity contribution in [2.75, 3.05) is 13.1 Å². The maximum Gasteiger partial charge on any atom is 0.253 e. The number of H-pyrrole nitrogens is 1. The molecule has 3 aromatic rings. The minimum Gasteiger partial charge on any atom is -0.472 e. The van der Waals surface area contributed by atoms with Crippen LogP contribution in [-0.2, 0) is 5.60 Å². The van der Waals surface area contributed by atoms with Crippen molar-refractivity contribution in [3.05, 3.63) is 60.3 Å². The van der Waals surface area contributed by atoms with Crippen LogP contribution < -0.4 is 0 Å². The number of carbonyl (C=O) groups is 1. The lowest BCUT2D eigenvalue weighted by molar-refractivity contribution is -0.0320. The maximum absolute atomic E-state index is 12.9. The van der Waals surface area contributed by atoms with Crippen LogP contribution in [0.2, 0.25) is 0 Å². The van der Waals surface area contributed by atoms with Crippen LogP contribution in [0.3, 0.4) is 0 Å². The highest BCUT2D eigenvalue weighted by Crippen LogP contribution is 2.31. The predicted octanol–water partition coefficient (Wildman–Crippen LogP) is 2.19. The van der Waals surface area contributed by atoms with Crippen LogP contribution in [0.5, 0.6) is 0 Å². The Balaban J connectivity index is 1.58. The highest BCUT2D eigenvalue weighted by molar-refractivity contribution is 5.95. The van der Waals surface area contributed by atoms with Crippen LogP contribution >= 0.6 is 0 Å². The number of aromatic nitrogens is 3. The summed E-state index contributed by atoms with van der Waals surface area (Å²) in [4.78, 5) is 14.6. The van der Waals surface area contributed by atoms with Crippen molar-refractivity contribution < 1.29 is 14.3 Å². The van der Waals surface area contributed by atoms with Crippen molar-refractivity contribution in [2.45, 2.75) is 18.4 Å². The number of piperidine rings is 1. The van der Waals surface area contributed by atoms with Gasteiger partial charge in [-0.15, -0.1) is 0 Å². The van der Waals surface area contributed by atoms with Gasteiger partial charge in [-0.2, -0.15) is 15.4 Å². The molecule has 0 radical (unpaired) electrons. The molecule has 2 N–H and O–H groups in total. The van der Waals surface area contributed by atoms with Gasteiger partial charge in [0.25, 0.3) is 5.91 Å². The molecule has 1 atom stereocenters. The lowest BCUT2D eigenvalue weighted by atomic mass is 9.89. The van der Waals surface area contributed by atoms with Crippen LogP contribution in [0.4, 0.5) is 0 Å². The molecule has 1 aromatic carbocycles. The number of β-amino-alcohol motifs (C(OH)–C–C–N with tert-alkyl or cyclic N) is 1. The summed E-state index contributed by atoms with van der Waals surface area (Å²) < 4.78 is 5.11. The second kappa shape index (κ2) is 6.18. The van der Waals surface area contributed by atoms with Gasteiger partial charge in [0.1, 0.15) is 11.3 Å². The minimum absolute atomic E-state index is 0.105. The fourth-order valence-electron chi connectivity index (χ4n) is 3.29. The Kier molecular flexibility index (Phi) is 3.85. The zero-order chi connectivity index (χ0) is 17.3. The summed E-state index contributed by atoms with van der Waals surface area (Å²) in [5.41, 5.74) is 1.74. The van der Waals surface area contributed by atoms with Crippen molar-refractivity contribution in [1.29, 1.82) is 0 Å². The van der Waals surface area contributed by atoms with Gasteiger partial charge in [-0.25, -0.2) is 0 Å². The van der Waals surface area contributed by atoms with E-state index in [2.05, 4.69) is 15.4 Å². The summed E-state index contributed by atoms with van der Waals surface area (Å²) >= 11 is 0. The molecule has 1 saturated heterocycles. The lowest BCUT2D eigenvalue weighted by Crippen LogP contribution is -2.48. The maximum atomic E-state index is 12.9. The van der Waals surface area contributed by atoms with E-state index in [1.54, 1.807) is 23.5 Å². The first kappa shape index (κ1) is 15.6. The smallest absolute Gasteiger partial charge is 0.253 e. The number of hydrogen-bond donors (Lipinski definition) is 2. The normalized spacial score (nSPS) is 20.6. The summed E-state index contributed by atoms with van der Waals surface area (Å²) in [6.07, 6.45) is 6.02. The highest BCUT2D eigenvalue weighted by atomic mass is 16.3. The van der Waals surface area contributed by atoms with Gasteiger partial charge in [0.15, 0.2) is 0 Å². The van der Waals surface area contributed by atoms with E-state index in [1.807, 2.05) is 24.3 Å². The van der Waals surface area contributed by atoms with Gasteiger partial charge in [-0.05, 0) is 36.6 Å². The molecule has 0 aliphatic carbocycles. The van der Waals surface area contributed by atoms with Crippen molar-refractivity contribution in [2.24, 2.45) is 0 Å². The standard InChI is InChI=1S/C18H18N4O3/c23-17(14-4-1-3-13(9-14)15-5-8-25-11-15)22-7-2-6-18(24,12-22)16-10-19-21-20-16/h1,3-5,8-11,24H,2,6-7,12H2,(H,19,20,21)/t18-/m1/s1. The first-order valence-electron chi connectivity index (χ1n) is 8.16. The number of aliphatic hydroxyl groups is 1. The Morgan fingerprint density at radius 2 is 2.24 bits per heavy atom. The molecule has 0 spiro atoms. The van der Waals surface area contributed by atoms with E-state index in [4.69, 9.17) is 4.42 Å². The van der Waals surface area contributed by atoms with E-state index in [0.717, 1.165) is 11.1 Å². The van der Waals surface area contributed by atoms with Crippen LogP contribution in [0.1, 0.15) is 28.9 Å². The van der Waals surface area contributed by atoms with Gasteiger partial charge in [0.05, 0.1) is 25.3 Å². The molecule has 0 bridgehead atoms. The number of benzene rings is 1. The van der Waals surface area contributed by atoms with Crippen LogP contribution in [0, 0.1) is 0 Å². The van der Waals surface area contributed by atoms with E-state index >= 15 is 0 Å². The van der Waals surface area contributed by atoms with E-state index in [-0.39, 0.29) is 12.5 Å². The molecule has 0 saturated carbocycles. The second-order valence-corrected chi connectivity index (χ2v) is 6.31.